The summed E-state index contributed by atoms with van der Waals surface area (Å²) in [6.45, 7) is 1.98. The van der Waals surface area contributed by atoms with Crippen LogP contribution in [-0.4, -0.2) is 16.2 Å². The minimum Gasteiger partial charge on any atom is -0.434 e. The molecule has 1 saturated carbocycles. The molecule has 0 amide bonds. The van der Waals surface area contributed by atoms with Crippen molar-refractivity contribution in [2.75, 3.05) is 0 Å². The molecular weight excluding hydrogens is 436 g/mol. The molecule has 0 spiro atoms. The summed E-state index contributed by atoms with van der Waals surface area (Å²) in [6, 6.07) is 24.7. The van der Waals surface area contributed by atoms with E-state index in [0.29, 0.717) is 11.5 Å². The van der Waals surface area contributed by atoms with Crippen molar-refractivity contribution in [1.82, 2.24) is 10.2 Å². The van der Waals surface area contributed by atoms with E-state index in [1.807, 2.05) is 61.5 Å². The van der Waals surface area contributed by atoms with E-state index in [0.717, 1.165) is 40.8 Å². The summed E-state index contributed by atoms with van der Waals surface area (Å²) < 4.78 is 11.8. The molecule has 5 nitrogen and oxygen atoms in total. The lowest BCUT2D eigenvalue weighted by Crippen LogP contribution is -2.10. The van der Waals surface area contributed by atoms with Crippen LogP contribution in [0.4, 0.5) is 0 Å². The normalized spacial score (nSPS) is 12.9. The van der Waals surface area contributed by atoms with E-state index in [1.165, 1.54) is 6.07 Å². The van der Waals surface area contributed by atoms with E-state index in [4.69, 9.17) is 21.1 Å². The molecule has 1 aliphatic rings. The lowest BCUT2D eigenvalue weighted by Gasteiger charge is -2.15. The molecule has 0 radical (unpaired) electrons. The number of hydrogen-bond acceptors (Lipinski definition) is 5. The summed E-state index contributed by atoms with van der Waals surface area (Å²) in [5.74, 6) is 0.896. The molecule has 1 aliphatic carbocycles. The average molecular weight is 457 g/mol. The molecule has 1 fully saturated rings. The Kier molecular flexibility index (Phi) is 5.80. The molecule has 1 heterocycles. The monoisotopic (exact) mass is 456 g/mol. The van der Waals surface area contributed by atoms with Crippen LogP contribution in [0.1, 0.15) is 40.2 Å². The van der Waals surface area contributed by atoms with Crippen LogP contribution in [0.5, 0.6) is 17.4 Å². The summed E-state index contributed by atoms with van der Waals surface area (Å²) >= 11 is 6.04. The first-order valence-electron chi connectivity index (χ1n) is 10.8. The third-order valence-corrected chi connectivity index (χ3v) is 5.77. The fourth-order valence-corrected chi connectivity index (χ4v) is 3.84. The van der Waals surface area contributed by atoms with E-state index < -0.39 is 5.97 Å². The van der Waals surface area contributed by atoms with Crippen LogP contribution in [0, 0.1) is 6.92 Å². The molecule has 0 atom stereocenters. The van der Waals surface area contributed by atoms with Gasteiger partial charge in [-0.05, 0) is 60.1 Å². The number of carbonyl (C=O) groups is 1. The number of rotatable bonds is 6. The van der Waals surface area contributed by atoms with Crippen molar-refractivity contribution in [3.05, 3.63) is 101 Å². The van der Waals surface area contributed by atoms with Gasteiger partial charge in [-0.1, -0.05) is 72.3 Å². The Hall–Kier alpha value is -3.70. The quantitative estimate of drug-likeness (QED) is 0.292. The summed E-state index contributed by atoms with van der Waals surface area (Å²) in [6.07, 6.45) is 2.26. The number of aromatic nitrogens is 2. The third-order valence-electron chi connectivity index (χ3n) is 5.59. The van der Waals surface area contributed by atoms with Gasteiger partial charge in [0, 0.05) is 6.07 Å². The van der Waals surface area contributed by atoms with Gasteiger partial charge >= 0.3 is 5.97 Å². The number of para-hydroxylation sites is 1. The molecule has 0 saturated heterocycles. The van der Waals surface area contributed by atoms with Crippen molar-refractivity contribution in [3.8, 4) is 28.5 Å². The zero-order valence-electron chi connectivity index (χ0n) is 18.0. The maximum atomic E-state index is 12.9. The number of benzene rings is 3. The number of halogens is 1. The predicted octanol–water partition coefficient (Wildman–Crippen LogP) is 6.99. The highest BCUT2D eigenvalue weighted by Crippen LogP contribution is 2.46. The lowest BCUT2D eigenvalue weighted by molar-refractivity contribution is 0.0729. The second-order valence-corrected chi connectivity index (χ2v) is 8.43. The van der Waals surface area contributed by atoms with E-state index in [9.17, 15) is 4.79 Å². The molecule has 0 aliphatic heterocycles. The highest BCUT2D eigenvalue weighted by molar-refractivity contribution is 6.29. The Balaban J connectivity index is 1.39. The number of hydrogen-bond donors (Lipinski definition) is 0. The number of carbonyl (C=O) groups excluding carboxylic acids is 1. The van der Waals surface area contributed by atoms with E-state index in [2.05, 4.69) is 16.3 Å². The SMILES string of the molecule is Cc1cccc(C2CC2)c1Oc1nnc(Cl)cc1OC(=O)c1ccc(-c2ccccc2)cc1. The van der Waals surface area contributed by atoms with Crippen molar-refractivity contribution in [2.45, 2.75) is 25.7 Å². The standard InChI is InChI=1S/C27H21ClN2O3/c1-17-6-5-9-22(20-12-13-20)25(17)33-26-23(16-24(28)29-30-26)32-27(31)21-14-10-19(11-15-21)18-7-3-2-4-8-18/h2-11,14-16,20H,12-13H2,1H3. The second kappa shape index (κ2) is 9.04. The van der Waals surface area contributed by atoms with Crippen LogP contribution in [-0.2, 0) is 0 Å². The molecule has 164 valence electrons. The summed E-state index contributed by atoms with van der Waals surface area (Å²) in [7, 11) is 0. The van der Waals surface area contributed by atoms with Crippen molar-refractivity contribution in [1.29, 1.82) is 0 Å². The van der Waals surface area contributed by atoms with Gasteiger partial charge in [-0.3, -0.25) is 0 Å². The topological polar surface area (TPSA) is 61.3 Å². The first-order chi connectivity index (χ1) is 16.1. The number of esters is 1. The van der Waals surface area contributed by atoms with Crippen molar-refractivity contribution in [3.63, 3.8) is 0 Å². The fourth-order valence-electron chi connectivity index (χ4n) is 3.70. The van der Waals surface area contributed by atoms with Gasteiger partial charge in [0.15, 0.2) is 10.9 Å². The molecule has 3 aromatic carbocycles. The van der Waals surface area contributed by atoms with Crippen LogP contribution in [0.2, 0.25) is 5.15 Å². The molecule has 0 unspecified atom stereocenters. The number of ether oxygens (including phenoxy) is 2. The molecule has 4 aromatic rings. The minimum absolute atomic E-state index is 0.102. The van der Waals surface area contributed by atoms with E-state index >= 15 is 0 Å². The van der Waals surface area contributed by atoms with Gasteiger partial charge in [0.25, 0.3) is 5.88 Å². The molecule has 5 rings (SSSR count). The maximum absolute atomic E-state index is 12.9. The average Bonchev–Trinajstić information content (AvgIpc) is 3.68. The Morgan fingerprint density at radius 2 is 1.64 bits per heavy atom. The predicted molar refractivity (Wildman–Crippen MR) is 127 cm³/mol. The molecule has 1 aromatic heterocycles. The summed E-state index contributed by atoms with van der Waals surface area (Å²) in [5.41, 5.74) is 4.59. The van der Waals surface area contributed by atoms with Crippen LogP contribution in [0.25, 0.3) is 11.1 Å². The van der Waals surface area contributed by atoms with Crippen LogP contribution in [0.15, 0.2) is 78.9 Å². The molecule has 0 bridgehead atoms. The van der Waals surface area contributed by atoms with Gasteiger partial charge in [0.1, 0.15) is 5.75 Å². The lowest BCUT2D eigenvalue weighted by atomic mass is 10.0. The highest BCUT2D eigenvalue weighted by Gasteiger charge is 2.28. The fraction of sp³-hybridized carbons (Fsp3) is 0.148. The minimum atomic E-state index is -0.532. The van der Waals surface area contributed by atoms with Crippen molar-refractivity contribution >= 4 is 17.6 Å². The number of nitrogens with zero attached hydrogens (tertiary/aromatic N) is 2. The van der Waals surface area contributed by atoms with Gasteiger partial charge < -0.3 is 9.47 Å². The molecular formula is C27H21ClN2O3. The Morgan fingerprint density at radius 1 is 0.909 bits per heavy atom. The molecule has 6 heteroatoms. The van der Waals surface area contributed by atoms with Crippen LogP contribution in [0.3, 0.4) is 0 Å². The molecule has 33 heavy (non-hydrogen) atoms. The van der Waals surface area contributed by atoms with Crippen LogP contribution >= 0.6 is 11.6 Å². The van der Waals surface area contributed by atoms with Gasteiger partial charge in [0.05, 0.1) is 5.56 Å². The van der Waals surface area contributed by atoms with Crippen molar-refractivity contribution in [2.24, 2.45) is 0 Å². The molecule has 0 N–H and O–H groups in total. The van der Waals surface area contributed by atoms with Gasteiger partial charge in [-0.15, -0.1) is 10.2 Å². The Bertz CT molecular complexity index is 1300. The van der Waals surface area contributed by atoms with Gasteiger partial charge in [-0.2, -0.15) is 0 Å². The van der Waals surface area contributed by atoms with E-state index in [-0.39, 0.29) is 16.8 Å². The maximum Gasteiger partial charge on any atom is 0.343 e. The van der Waals surface area contributed by atoms with E-state index in [1.54, 1.807) is 12.1 Å². The largest absolute Gasteiger partial charge is 0.434 e. The smallest absolute Gasteiger partial charge is 0.343 e. The second-order valence-electron chi connectivity index (χ2n) is 8.04. The summed E-state index contributed by atoms with van der Waals surface area (Å²) in [5, 5.41) is 8.04. The third kappa shape index (κ3) is 4.73. The Labute approximate surface area is 197 Å². The van der Waals surface area contributed by atoms with Crippen LogP contribution < -0.4 is 9.47 Å². The van der Waals surface area contributed by atoms with Crippen molar-refractivity contribution < 1.29 is 14.3 Å². The highest BCUT2D eigenvalue weighted by atomic mass is 35.5. The first-order valence-corrected chi connectivity index (χ1v) is 11.1. The zero-order valence-corrected chi connectivity index (χ0v) is 18.8. The summed E-state index contributed by atoms with van der Waals surface area (Å²) in [4.78, 5) is 12.9. The van der Waals surface area contributed by atoms with Gasteiger partial charge in [0.2, 0.25) is 0 Å². The first kappa shape index (κ1) is 21.2. The number of aryl methyl sites for hydroxylation is 1. The van der Waals surface area contributed by atoms with Gasteiger partial charge in [-0.25, -0.2) is 4.79 Å². The Morgan fingerprint density at radius 3 is 2.36 bits per heavy atom. The zero-order chi connectivity index (χ0) is 22.8.